The van der Waals surface area contributed by atoms with Crippen molar-refractivity contribution < 1.29 is 10.2 Å². The van der Waals surface area contributed by atoms with Gasteiger partial charge in [-0.3, -0.25) is 14.0 Å². The van der Waals surface area contributed by atoms with Crippen LogP contribution in [0.25, 0.3) is 33.5 Å². The van der Waals surface area contributed by atoms with Crippen molar-refractivity contribution in [1.82, 2.24) is 18.2 Å². The van der Waals surface area contributed by atoms with Gasteiger partial charge in [0.15, 0.2) is 0 Å². The molecule has 0 bridgehead atoms. The third-order valence-corrected chi connectivity index (χ3v) is 12.8. The molecule has 0 aliphatic rings. The van der Waals surface area contributed by atoms with Gasteiger partial charge in [0.05, 0.1) is 55.1 Å². The lowest BCUT2D eigenvalue weighted by Crippen LogP contribution is -2.36. The van der Waals surface area contributed by atoms with Crippen LogP contribution in [-0.4, -0.2) is 28.4 Å². The summed E-state index contributed by atoms with van der Waals surface area (Å²) in [7, 11) is 0. The molecule has 0 fully saturated rings. The van der Waals surface area contributed by atoms with Crippen molar-refractivity contribution in [2.75, 3.05) is 0 Å². The van der Waals surface area contributed by atoms with Crippen LogP contribution in [0.4, 0.5) is 0 Å². The van der Waals surface area contributed by atoms with Crippen LogP contribution in [0.5, 0.6) is 11.5 Å². The Morgan fingerprint density at radius 3 is 1.57 bits per heavy atom. The number of aromatic hydroxyl groups is 2. The number of phenols is 2. The third-order valence-electron chi connectivity index (χ3n) is 6.48. The van der Waals surface area contributed by atoms with Crippen LogP contribution in [0.1, 0.15) is 0 Å². The molecule has 0 saturated carbocycles. The van der Waals surface area contributed by atoms with Crippen LogP contribution in [-0.2, 0) is 0 Å². The fourth-order valence-electron chi connectivity index (χ4n) is 4.55. The van der Waals surface area contributed by atoms with Crippen molar-refractivity contribution in [3.63, 3.8) is 0 Å². The second kappa shape index (κ2) is 11.3. The lowest BCUT2D eigenvalue weighted by Gasteiger charge is -2.18. The van der Waals surface area contributed by atoms with Crippen molar-refractivity contribution in [2.24, 2.45) is 0 Å². The van der Waals surface area contributed by atoms with Gasteiger partial charge in [-0.15, -0.1) is 0 Å². The summed E-state index contributed by atoms with van der Waals surface area (Å²) in [5.74, 6) is 0.0531. The molecule has 214 valence electrons. The van der Waals surface area contributed by atoms with Crippen molar-refractivity contribution in [3.05, 3.63) is 106 Å². The SMILES string of the molecule is O=c1c2c(Br)c(Br)cn2c(-c2cc(Br)c(O)c(Br)c2)cn1-n1cc(-c2cc(Br)c(O)c(Br)c2)n2c(Br)c(Br)cc2c1=O. The first-order valence-electron chi connectivity index (χ1n) is 11.4. The Morgan fingerprint density at radius 1 is 0.548 bits per heavy atom. The normalized spacial score (nSPS) is 11.7. The smallest absolute Gasteiger partial charge is 0.295 e. The van der Waals surface area contributed by atoms with E-state index in [1.165, 1.54) is 9.35 Å². The Kier molecular flexibility index (Phi) is 8.33. The van der Waals surface area contributed by atoms with Gasteiger partial charge in [-0.25, -0.2) is 9.35 Å². The lowest BCUT2D eigenvalue weighted by atomic mass is 10.1. The van der Waals surface area contributed by atoms with Gasteiger partial charge in [-0.2, -0.15) is 0 Å². The monoisotopic (exact) mass is 1070 g/mol. The molecular weight excluding hydrogens is 1070 g/mol. The van der Waals surface area contributed by atoms with E-state index in [0.717, 1.165) is 0 Å². The van der Waals surface area contributed by atoms with Gasteiger partial charge >= 0.3 is 0 Å². The number of hydrogen-bond donors (Lipinski definition) is 2. The van der Waals surface area contributed by atoms with E-state index >= 15 is 0 Å². The number of nitrogens with zero attached hydrogens (tertiary/aromatic N) is 4. The molecule has 2 N–H and O–H groups in total. The standard InChI is InChI=1S/C26H10Br8N4O4/c27-11-1-9(2-12(28)22(11)39)18-7-37(26(42)21-20(33)16(32)6-35(18)21)36-8-19(10-3-13(29)23(40)14(30)4-10)38-17(25(36)41)5-15(31)24(38)34/h1-8,39-40H. The van der Waals surface area contributed by atoms with E-state index in [9.17, 15) is 19.8 Å². The molecule has 0 aliphatic heterocycles. The largest absolute Gasteiger partial charge is 0.506 e. The van der Waals surface area contributed by atoms with E-state index in [0.29, 0.717) is 58.4 Å². The number of aromatic nitrogens is 4. The van der Waals surface area contributed by atoms with Crippen molar-refractivity contribution in [2.45, 2.75) is 0 Å². The van der Waals surface area contributed by atoms with Crippen LogP contribution in [0.3, 0.4) is 0 Å². The molecule has 8 nitrogen and oxygen atoms in total. The van der Waals surface area contributed by atoms with Crippen molar-refractivity contribution >= 4 is 138 Å². The zero-order valence-electron chi connectivity index (χ0n) is 20.1. The first kappa shape index (κ1) is 30.9. The third kappa shape index (κ3) is 4.88. The fourth-order valence-corrected chi connectivity index (χ4v) is 8.67. The highest BCUT2D eigenvalue weighted by Crippen LogP contribution is 2.40. The van der Waals surface area contributed by atoms with Gasteiger partial charge < -0.3 is 14.6 Å². The van der Waals surface area contributed by atoms with E-state index in [1.54, 1.807) is 57.7 Å². The molecule has 2 aromatic carbocycles. The molecule has 0 saturated heterocycles. The maximum Gasteiger partial charge on any atom is 0.295 e. The molecule has 0 unspecified atom stereocenters. The average molecular weight is 1080 g/mol. The Morgan fingerprint density at radius 2 is 1.02 bits per heavy atom. The summed E-state index contributed by atoms with van der Waals surface area (Å²) in [5.41, 5.74) is 2.01. The van der Waals surface area contributed by atoms with Gasteiger partial charge in [-0.05, 0) is 158 Å². The Balaban J connectivity index is 1.77. The molecule has 6 aromatic rings. The quantitative estimate of drug-likeness (QED) is 0.185. The van der Waals surface area contributed by atoms with E-state index < -0.39 is 11.1 Å². The van der Waals surface area contributed by atoms with Gasteiger partial charge in [0.2, 0.25) is 0 Å². The molecule has 16 heteroatoms. The minimum atomic E-state index is -0.469. The van der Waals surface area contributed by atoms with Gasteiger partial charge in [0.25, 0.3) is 11.1 Å². The summed E-state index contributed by atoms with van der Waals surface area (Å²) in [6.45, 7) is 0. The number of halogens is 8. The minimum Gasteiger partial charge on any atom is -0.506 e. The topological polar surface area (TPSA) is 93.3 Å². The van der Waals surface area contributed by atoms with E-state index in [-0.39, 0.29) is 22.5 Å². The molecule has 0 atom stereocenters. The molecule has 42 heavy (non-hydrogen) atoms. The maximum atomic E-state index is 14.1. The highest BCUT2D eigenvalue weighted by atomic mass is 79.9. The first-order chi connectivity index (χ1) is 19.8. The summed E-state index contributed by atoms with van der Waals surface area (Å²) in [6.07, 6.45) is 4.88. The van der Waals surface area contributed by atoms with Crippen molar-refractivity contribution in [1.29, 1.82) is 0 Å². The summed E-state index contributed by atoms with van der Waals surface area (Å²) < 4.78 is 10.1. The lowest BCUT2D eigenvalue weighted by molar-refractivity contribution is 0.468. The Labute approximate surface area is 303 Å². The van der Waals surface area contributed by atoms with Crippen LogP contribution in [0.2, 0.25) is 0 Å². The number of phenolic OH excluding ortho intramolecular Hbond substituents is 2. The second-order valence-electron chi connectivity index (χ2n) is 8.92. The van der Waals surface area contributed by atoms with E-state index in [4.69, 9.17) is 0 Å². The molecule has 0 spiro atoms. The highest BCUT2D eigenvalue weighted by molar-refractivity contribution is 9.13. The Bertz CT molecular complexity index is 2220. The predicted octanol–water partition coefficient (Wildman–Crippen LogP) is 9.67. The van der Waals surface area contributed by atoms with Crippen molar-refractivity contribution in [3.8, 4) is 34.0 Å². The molecule has 4 aromatic heterocycles. The Hall–Kier alpha value is -1.14. The first-order valence-corrected chi connectivity index (χ1v) is 17.8. The van der Waals surface area contributed by atoms with Gasteiger partial charge in [0, 0.05) is 17.3 Å². The predicted molar refractivity (Wildman–Crippen MR) is 190 cm³/mol. The summed E-state index contributed by atoms with van der Waals surface area (Å²) in [6, 6.07) is 8.53. The molecule has 0 aliphatic carbocycles. The number of hydrogen-bond acceptors (Lipinski definition) is 4. The van der Waals surface area contributed by atoms with Crippen LogP contribution in [0.15, 0.2) is 94.4 Å². The number of rotatable bonds is 3. The summed E-state index contributed by atoms with van der Waals surface area (Å²) in [5, 5.41) is 20.7. The maximum absolute atomic E-state index is 14.1. The zero-order valence-corrected chi connectivity index (χ0v) is 32.8. The molecule has 0 radical (unpaired) electrons. The summed E-state index contributed by atoms with van der Waals surface area (Å²) >= 11 is 27.7. The van der Waals surface area contributed by atoms with Crippen LogP contribution in [0, 0.1) is 0 Å². The van der Waals surface area contributed by atoms with Gasteiger partial charge in [0.1, 0.15) is 27.1 Å². The highest BCUT2D eigenvalue weighted by Gasteiger charge is 2.23. The molecule has 0 amide bonds. The van der Waals surface area contributed by atoms with E-state index in [2.05, 4.69) is 127 Å². The fraction of sp³-hybridized carbons (Fsp3) is 0. The van der Waals surface area contributed by atoms with Gasteiger partial charge in [-0.1, -0.05) is 0 Å². The second-order valence-corrected chi connectivity index (χ2v) is 15.6. The molecule has 6 rings (SSSR count). The summed E-state index contributed by atoms with van der Waals surface area (Å²) in [4.78, 5) is 28.1. The molecule has 4 heterocycles. The number of fused-ring (bicyclic) bond motifs is 2. The van der Waals surface area contributed by atoms with E-state index in [1.807, 2.05) is 0 Å². The molecular formula is C26H10Br8N4O4. The average Bonchev–Trinajstić information content (AvgIpc) is 3.41. The zero-order chi connectivity index (χ0) is 30.4. The minimum absolute atomic E-state index is 0.0252. The number of benzene rings is 2. The van der Waals surface area contributed by atoms with Crippen LogP contribution >= 0.6 is 127 Å². The van der Waals surface area contributed by atoms with Crippen LogP contribution < -0.4 is 11.1 Å².